The number of hydrogen-bond donors (Lipinski definition) is 0. The lowest BCUT2D eigenvalue weighted by molar-refractivity contribution is 0.294. The third-order valence-corrected chi connectivity index (χ3v) is 6.15. The minimum Gasteiger partial charge on any atom is -0.494 e. The van der Waals surface area contributed by atoms with Crippen molar-refractivity contribution in [3.05, 3.63) is 42.5 Å². The van der Waals surface area contributed by atoms with Crippen LogP contribution in [0.15, 0.2) is 42.5 Å². The zero-order chi connectivity index (χ0) is 22.4. The molecule has 0 saturated heterocycles. The smallest absolute Gasteiger partial charge is 0.213 e. The number of fused-ring (bicyclic) bond motifs is 3. The Labute approximate surface area is 194 Å². The van der Waals surface area contributed by atoms with E-state index >= 15 is 0 Å². The van der Waals surface area contributed by atoms with Crippen LogP contribution in [0.2, 0.25) is 0 Å². The maximum Gasteiger partial charge on any atom is 0.213 e. The number of benzene rings is 2. The summed E-state index contributed by atoms with van der Waals surface area (Å²) in [7, 11) is 0. The van der Waals surface area contributed by atoms with Crippen molar-refractivity contribution in [2.24, 2.45) is 0 Å². The van der Waals surface area contributed by atoms with E-state index in [1.54, 1.807) is 0 Å². The molecule has 0 aliphatic carbocycles. The van der Waals surface area contributed by atoms with Crippen LogP contribution in [0.3, 0.4) is 0 Å². The van der Waals surface area contributed by atoms with Crippen molar-refractivity contribution in [3.63, 3.8) is 0 Å². The fraction of sp³-hybridized carbons (Fsp3) is 0.552. The van der Waals surface area contributed by atoms with E-state index in [4.69, 9.17) is 14.5 Å². The van der Waals surface area contributed by atoms with E-state index in [0.717, 1.165) is 48.6 Å². The summed E-state index contributed by atoms with van der Waals surface area (Å²) in [6, 6.07) is 14.8. The average Bonchev–Trinajstić information content (AvgIpc) is 2.82. The number of aromatic nitrogens is 1. The molecule has 0 unspecified atom stereocenters. The largest absolute Gasteiger partial charge is 0.494 e. The number of hydrogen-bond acceptors (Lipinski definition) is 3. The minimum absolute atomic E-state index is 0.724. The Morgan fingerprint density at radius 2 is 1.22 bits per heavy atom. The van der Waals surface area contributed by atoms with Gasteiger partial charge >= 0.3 is 0 Å². The summed E-state index contributed by atoms with van der Waals surface area (Å²) < 4.78 is 11.9. The van der Waals surface area contributed by atoms with Crippen molar-refractivity contribution >= 4 is 21.7 Å². The molecule has 32 heavy (non-hydrogen) atoms. The van der Waals surface area contributed by atoms with Gasteiger partial charge in [-0.25, -0.2) is 4.98 Å². The molecule has 0 aliphatic heterocycles. The summed E-state index contributed by atoms with van der Waals surface area (Å²) >= 11 is 0. The predicted octanol–water partition coefficient (Wildman–Crippen LogP) is 8.87. The highest BCUT2D eigenvalue weighted by Gasteiger charge is 2.06. The molecule has 0 saturated carbocycles. The standard InChI is InChI=1S/C29H41NO2/c1-3-5-7-9-10-12-13-21-31-25-16-17-26-24(23-25)15-19-28-27(26)18-20-29(30-28)32-22-14-11-8-6-4-2/h15-20,23H,3-14,21-22H2,1-2H3. The van der Waals surface area contributed by atoms with Gasteiger partial charge in [0.05, 0.1) is 18.7 Å². The molecule has 3 nitrogen and oxygen atoms in total. The van der Waals surface area contributed by atoms with Crippen LogP contribution < -0.4 is 9.47 Å². The third kappa shape index (κ3) is 7.69. The van der Waals surface area contributed by atoms with Crippen LogP contribution >= 0.6 is 0 Å². The van der Waals surface area contributed by atoms with Gasteiger partial charge in [0.1, 0.15) is 5.75 Å². The highest BCUT2D eigenvalue weighted by Crippen LogP contribution is 2.29. The number of pyridine rings is 1. The predicted molar refractivity (Wildman–Crippen MR) is 137 cm³/mol. The lowest BCUT2D eigenvalue weighted by atomic mass is 10.0. The molecule has 3 rings (SSSR count). The summed E-state index contributed by atoms with van der Waals surface area (Å²) in [5, 5.41) is 3.57. The van der Waals surface area contributed by atoms with Gasteiger partial charge in [-0.3, -0.25) is 0 Å². The van der Waals surface area contributed by atoms with E-state index < -0.39 is 0 Å². The summed E-state index contributed by atoms with van der Waals surface area (Å²) in [4.78, 5) is 4.72. The number of ether oxygens (including phenoxy) is 2. The Morgan fingerprint density at radius 3 is 1.94 bits per heavy atom. The highest BCUT2D eigenvalue weighted by molar-refractivity contribution is 6.06. The molecule has 0 N–H and O–H groups in total. The van der Waals surface area contributed by atoms with Crippen molar-refractivity contribution in [1.82, 2.24) is 4.98 Å². The maximum atomic E-state index is 6.02. The average molecular weight is 436 g/mol. The second-order valence-corrected chi connectivity index (χ2v) is 8.90. The Morgan fingerprint density at radius 1 is 0.594 bits per heavy atom. The molecule has 0 fully saturated rings. The molecule has 3 aromatic rings. The van der Waals surface area contributed by atoms with E-state index in [9.17, 15) is 0 Å². The van der Waals surface area contributed by atoms with Crippen LogP contribution in [-0.2, 0) is 0 Å². The Hall–Kier alpha value is -2.29. The Kier molecular flexibility index (Phi) is 10.6. The molecule has 1 aromatic heterocycles. The first-order valence-electron chi connectivity index (χ1n) is 12.9. The van der Waals surface area contributed by atoms with Crippen molar-refractivity contribution in [2.75, 3.05) is 13.2 Å². The van der Waals surface area contributed by atoms with Gasteiger partial charge in [-0.2, -0.15) is 0 Å². The first-order chi connectivity index (χ1) is 15.8. The van der Waals surface area contributed by atoms with E-state index in [-0.39, 0.29) is 0 Å². The fourth-order valence-electron chi connectivity index (χ4n) is 4.21. The Balaban J connectivity index is 1.50. The van der Waals surface area contributed by atoms with Crippen LogP contribution in [0, 0.1) is 0 Å². The Bertz CT molecular complexity index is 937. The summed E-state index contributed by atoms with van der Waals surface area (Å²) in [5.74, 6) is 1.68. The van der Waals surface area contributed by atoms with Crippen LogP contribution in [-0.4, -0.2) is 18.2 Å². The van der Waals surface area contributed by atoms with Gasteiger partial charge in [-0.1, -0.05) is 90.2 Å². The van der Waals surface area contributed by atoms with E-state index in [0.29, 0.717) is 0 Å². The van der Waals surface area contributed by atoms with Gasteiger partial charge in [0.2, 0.25) is 5.88 Å². The van der Waals surface area contributed by atoms with Gasteiger partial charge < -0.3 is 9.47 Å². The second kappa shape index (κ2) is 14.0. The van der Waals surface area contributed by atoms with Gasteiger partial charge in [-0.05, 0) is 47.9 Å². The zero-order valence-electron chi connectivity index (χ0n) is 20.2. The molecule has 1 heterocycles. The second-order valence-electron chi connectivity index (χ2n) is 8.90. The first kappa shape index (κ1) is 24.4. The van der Waals surface area contributed by atoms with Gasteiger partial charge in [0.25, 0.3) is 0 Å². The van der Waals surface area contributed by atoms with Crippen LogP contribution in [0.5, 0.6) is 11.6 Å². The topological polar surface area (TPSA) is 31.4 Å². The molecule has 0 radical (unpaired) electrons. The molecule has 0 aliphatic rings. The molecule has 0 spiro atoms. The summed E-state index contributed by atoms with van der Waals surface area (Å²) in [5.41, 5.74) is 0.984. The number of nitrogens with zero attached hydrogens (tertiary/aromatic N) is 1. The molecular weight excluding hydrogens is 394 g/mol. The number of unbranched alkanes of at least 4 members (excludes halogenated alkanes) is 10. The monoisotopic (exact) mass is 435 g/mol. The van der Waals surface area contributed by atoms with E-state index in [1.807, 2.05) is 6.07 Å². The van der Waals surface area contributed by atoms with Crippen molar-refractivity contribution in [2.45, 2.75) is 90.9 Å². The molecular formula is C29H41NO2. The lowest BCUT2D eigenvalue weighted by Crippen LogP contribution is -1.99. The van der Waals surface area contributed by atoms with E-state index in [2.05, 4.69) is 50.2 Å². The molecule has 2 aromatic carbocycles. The third-order valence-electron chi connectivity index (χ3n) is 6.15. The molecule has 3 heteroatoms. The first-order valence-corrected chi connectivity index (χ1v) is 12.9. The highest BCUT2D eigenvalue weighted by atomic mass is 16.5. The zero-order valence-corrected chi connectivity index (χ0v) is 20.2. The van der Waals surface area contributed by atoms with Crippen LogP contribution in [0.4, 0.5) is 0 Å². The molecule has 0 amide bonds. The van der Waals surface area contributed by atoms with Crippen molar-refractivity contribution < 1.29 is 9.47 Å². The quantitative estimate of drug-likeness (QED) is 0.166. The van der Waals surface area contributed by atoms with E-state index in [1.165, 1.54) is 75.0 Å². The molecule has 0 atom stereocenters. The van der Waals surface area contributed by atoms with Crippen LogP contribution in [0.25, 0.3) is 21.7 Å². The van der Waals surface area contributed by atoms with Crippen LogP contribution in [0.1, 0.15) is 90.9 Å². The normalized spacial score (nSPS) is 11.3. The molecule has 174 valence electrons. The van der Waals surface area contributed by atoms with Gasteiger partial charge in [-0.15, -0.1) is 0 Å². The molecule has 0 bridgehead atoms. The number of rotatable bonds is 16. The minimum atomic E-state index is 0.724. The van der Waals surface area contributed by atoms with Crippen molar-refractivity contribution in [1.29, 1.82) is 0 Å². The van der Waals surface area contributed by atoms with Gasteiger partial charge in [0, 0.05) is 11.5 Å². The SMILES string of the molecule is CCCCCCCCCOc1ccc2c(ccc3nc(OCCCCCCC)ccc32)c1. The fourth-order valence-corrected chi connectivity index (χ4v) is 4.21. The summed E-state index contributed by atoms with van der Waals surface area (Å²) in [6.45, 7) is 6.05. The lowest BCUT2D eigenvalue weighted by Gasteiger charge is -2.10. The maximum absolute atomic E-state index is 6.02. The van der Waals surface area contributed by atoms with Gasteiger partial charge in [0.15, 0.2) is 0 Å². The van der Waals surface area contributed by atoms with Crippen molar-refractivity contribution in [3.8, 4) is 11.6 Å². The summed E-state index contributed by atoms with van der Waals surface area (Å²) in [6.07, 6.45) is 15.3.